The van der Waals surface area contributed by atoms with Gasteiger partial charge in [-0.2, -0.15) is 5.10 Å². The zero-order valence-corrected chi connectivity index (χ0v) is 10.6. The molecule has 2 rings (SSSR count). The van der Waals surface area contributed by atoms with E-state index in [2.05, 4.69) is 15.4 Å². The average Bonchev–Trinajstić information content (AvgIpc) is 2.71. The Labute approximate surface area is 105 Å². The van der Waals surface area contributed by atoms with Crippen LogP contribution in [0.15, 0.2) is 12.4 Å². The third-order valence-corrected chi connectivity index (χ3v) is 2.63. The molecule has 18 heavy (non-hydrogen) atoms. The third-order valence-electron chi connectivity index (χ3n) is 2.63. The lowest BCUT2D eigenvalue weighted by atomic mass is 10.1. The number of aryl methyl sites for hydroxylation is 1. The maximum absolute atomic E-state index is 11.2. The molecule has 0 saturated heterocycles. The minimum atomic E-state index is -0.989. The molecule has 0 unspecified atom stereocenters. The van der Waals surface area contributed by atoms with Gasteiger partial charge in [-0.15, -0.1) is 0 Å². The molecule has 0 aliphatic rings. The molecule has 0 aliphatic heterocycles. The highest BCUT2D eigenvalue weighted by molar-refractivity contribution is 6.03. The summed E-state index contributed by atoms with van der Waals surface area (Å²) in [6, 6.07) is 0.138. The van der Waals surface area contributed by atoms with E-state index in [0.29, 0.717) is 17.9 Å². The summed E-state index contributed by atoms with van der Waals surface area (Å²) in [6.07, 6.45) is 3.03. The highest BCUT2D eigenvalue weighted by Crippen LogP contribution is 2.26. The lowest BCUT2D eigenvalue weighted by Crippen LogP contribution is -2.14. The van der Waals surface area contributed by atoms with Gasteiger partial charge in [-0.1, -0.05) is 0 Å². The van der Waals surface area contributed by atoms with Gasteiger partial charge in [0.1, 0.15) is 5.56 Å². The monoisotopic (exact) mass is 248 g/mol. The van der Waals surface area contributed by atoms with Crippen molar-refractivity contribution in [3.8, 4) is 0 Å². The maximum Gasteiger partial charge on any atom is 0.339 e. The molecule has 2 heterocycles. The molecule has 6 heteroatoms. The van der Waals surface area contributed by atoms with Crippen molar-refractivity contribution in [1.82, 2.24) is 14.8 Å². The normalized spacial score (nSPS) is 11.1. The SMILES string of the molecule is CCn1ncc2c(NC(C)C)c(C(=O)O)cnc21. The summed E-state index contributed by atoms with van der Waals surface area (Å²) in [6.45, 7) is 6.59. The fourth-order valence-corrected chi connectivity index (χ4v) is 1.86. The largest absolute Gasteiger partial charge is 0.478 e. The Morgan fingerprint density at radius 2 is 2.22 bits per heavy atom. The van der Waals surface area contributed by atoms with Gasteiger partial charge in [0.25, 0.3) is 0 Å². The van der Waals surface area contributed by atoms with Crippen molar-refractivity contribution in [2.75, 3.05) is 5.32 Å². The molecule has 2 aromatic heterocycles. The number of carbonyl (C=O) groups is 1. The van der Waals surface area contributed by atoms with Crippen LogP contribution in [-0.4, -0.2) is 31.9 Å². The second-order valence-electron chi connectivity index (χ2n) is 4.35. The Morgan fingerprint density at radius 1 is 1.50 bits per heavy atom. The van der Waals surface area contributed by atoms with Crippen molar-refractivity contribution in [3.63, 3.8) is 0 Å². The van der Waals surface area contributed by atoms with E-state index in [0.717, 1.165) is 5.39 Å². The van der Waals surface area contributed by atoms with Gasteiger partial charge >= 0.3 is 5.97 Å². The average molecular weight is 248 g/mol. The van der Waals surface area contributed by atoms with Gasteiger partial charge in [-0.05, 0) is 20.8 Å². The van der Waals surface area contributed by atoms with Gasteiger partial charge in [0.05, 0.1) is 17.3 Å². The van der Waals surface area contributed by atoms with E-state index in [9.17, 15) is 9.90 Å². The number of carboxylic acid groups (broad SMARTS) is 1. The molecule has 0 fully saturated rings. The molecule has 96 valence electrons. The lowest BCUT2D eigenvalue weighted by Gasteiger charge is -2.13. The number of hydrogen-bond donors (Lipinski definition) is 2. The van der Waals surface area contributed by atoms with E-state index in [1.54, 1.807) is 10.9 Å². The molecule has 0 aromatic carbocycles. The first-order valence-electron chi connectivity index (χ1n) is 5.89. The summed E-state index contributed by atoms with van der Waals surface area (Å²) in [4.78, 5) is 15.4. The number of hydrogen-bond acceptors (Lipinski definition) is 4. The Bertz CT molecular complexity index is 589. The third kappa shape index (κ3) is 2.01. The smallest absolute Gasteiger partial charge is 0.339 e. The van der Waals surface area contributed by atoms with Crippen molar-refractivity contribution < 1.29 is 9.90 Å². The standard InChI is InChI=1S/C12H16N4O2/c1-4-16-11-8(6-14-16)10(15-7(2)3)9(5-13-11)12(17)18/h5-7H,4H2,1-3H3,(H,13,15)(H,17,18). The number of nitrogens with one attached hydrogen (secondary N) is 1. The van der Waals surface area contributed by atoms with Crippen LogP contribution in [-0.2, 0) is 6.54 Å². The summed E-state index contributed by atoms with van der Waals surface area (Å²) >= 11 is 0. The quantitative estimate of drug-likeness (QED) is 0.864. The molecule has 0 radical (unpaired) electrons. The van der Waals surface area contributed by atoms with Crippen molar-refractivity contribution >= 4 is 22.7 Å². The van der Waals surface area contributed by atoms with Crippen LogP contribution < -0.4 is 5.32 Å². The topological polar surface area (TPSA) is 80.0 Å². The second kappa shape index (κ2) is 4.64. The Balaban J connectivity index is 2.68. The molecule has 2 N–H and O–H groups in total. The fraction of sp³-hybridized carbons (Fsp3) is 0.417. The highest BCUT2D eigenvalue weighted by atomic mass is 16.4. The van der Waals surface area contributed by atoms with Crippen molar-refractivity contribution in [2.45, 2.75) is 33.4 Å². The summed E-state index contributed by atoms with van der Waals surface area (Å²) < 4.78 is 1.74. The van der Waals surface area contributed by atoms with Crippen molar-refractivity contribution in [2.24, 2.45) is 0 Å². The molecule has 0 aliphatic carbocycles. The molecule has 0 spiro atoms. The first kappa shape index (κ1) is 12.3. The molecule has 6 nitrogen and oxygen atoms in total. The van der Waals surface area contributed by atoms with Gasteiger partial charge < -0.3 is 10.4 Å². The zero-order valence-electron chi connectivity index (χ0n) is 10.6. The minimum absolute atomic E-state index is 0.138. The summed E-state index contributed by atoms with van der Waals surface area (Å²) in [5, 5.41) is 17.3. The molecule has 0 atom stereocenters. The number of aromatic nitrogens is 3. The summed E-state index contributed by atoms with van der Waals surface area (Å²) in [5.41, 5.74) is 1.46. The summed E-state index contributed by atoms with van der Waals surface area (Å²) in [7, 11) is 0. The molecule has 2 aromatic rings. The van der Waals surface area contributed by atoms with Crippen LogP contribution in [0.2, 0.25) is 0 Å². The molecular weight excluding hydrogens is 232 g/mol. The van der Waals surface area contributed by atoms with Crippen LogP contribution >= 0.6 is 0 Å². The van der Waals surface area contributed by atoms with Gasteiger partial charge in [-0.25, -0.2) is 14.5 Å². The maximum atomic E-state index is 11.2. The van der Waals surface area contributed by atoms with Gasteiger partial charge in [-0.3, -0.25) is 0 Å². The predicted molar refractivity (Wildman–Crippen MR) is 68.9 cm³/mol. The minimum Gasteiger partial charge on any atom is -0.478 e. The summed E-state index contributed by atoms with van der Waals surface area (Å²) in [5.74, 6) is -0.989. The van der Waals surface area contributed by atoms with Gasteiger partial charge in [0, 0.05) is 18.8 Å². The van der Waals surface area contributed by atoms with E-state index in [-0.39, 0.29) is 11.6 Å². The first-order valence-corrected chi connectivity index (χ1v) is 5.89. The number of anilines is 1. The Hall–Kier alpha value is -2.11. The van der Waals surface area contributed by atoms with Crippen molar-refractivity contribution in [3.05, 3.63) is 18.0 Å². The van der Waals surface area contributed by atoms with Gasteiger partial charge in [0.15, 0.2) is 5.65 Å². The first-order chi connectivity index (χ1) is 8.54. The molecule has 0 bridgehead atoms. The Morgan fingerprint density at radius 3 is 2.78 bits per heavy atom. The van der Waals surface area contributed by atoms with Crippen LogP contribution in [0, 0.1) is 0 Å². The van der Waals surface area contributed by atoms with Crippen LogP contribution in [0.5, 0.6) is 0 Å². The van der Waals surface area contributed by atoms with E-state index in [1.807, 2.05) is 20.8 Å². The van der Waals surface area contributed by atoms with Crippen LogP contribution in [0.25, 0.3) is 11.0 Å². The zero-order chi connectivity index (χ0) is 13.3. The van der Waals surface area contributed by atoms with E-state index in [1.165, 1.54) is 6.20 Å². The van der Waals surface area contributed by atoms with Crippen LogP contribution in [0.3, 0.4) is 0 Å². The predicted octanol–water partition coefficient (Wildman–Crippen LogP) is 1.97. The Kier molecular flexibility index (Phi) is 3.18. The van der Waals surface area contributed by atoms with Crippen molar-refractivity contribution in [1.29, 1.82) is 0 Å². The highest BCUT2D eigenvalue weighted by Gasteiger charge is 2.17. The number of rotatable bonds is 4. The number of pyridine rings is 1. The number of fused-ring (bicyclic) bond motifs is 1. The van der Waals surface area contributed by atoms with Crippen LogP contribution in [0.4, 0.5) is 5.69 Å². The van der Waals surface area contributed by atoms with Crippen LogP contribution in [0.1, 0.15) is 31.1 Å². The fourth-order valence-electron chi connectivity index (χ4n) is 1.86. The second-order valence-corrected chi connectivity index (χ2v) is 4.35. The van der Waals surface area contributed by atoms with Gasteiger partial charge in [0.2, 0.25) is 0 Å². The van der Waals surface area contributed by atoms with E-state index >= 15 is 0 Å². The van der Waals surface area contributed by atoms with E-state index in [4.69, 9.17) is 0 Å². The van der Waals surface area contributed by atoms with E-state index < -0.39 is 5.97 Å². The molecule has 0 amide bonds. The molecular formula is C12H16N4O2. The number of aromatic carboxylic acids is 1. The number of carboxylic acids is 1. The lowest BCUT2D eigenvalue weighted by molar-refractivity contribution is 0.0697. The number of nitrogens with zero attached hydrogens (tertiary/aromatic N) is 3. The molecule has 0 saturated carbocycles.